The molecule has 8 aromatic heterocycles. The third-order valence-corrected chi connectivity index (χ3v) is 29.6. The maximum Gasteiger partial charge on any atom is 0.283 e. The van der Waals surface area contributed by atoms with Gasteiger partial charge in [-0.25, -0.2) is 44.3 Å². The number of thiazole rings is 4. The smallest absolute Gasteiger partial charge is 0.283 e. The van der Waals surface area contributed by atoms with E-state index in [0.717, 1.165) is 143 Å². The number of hydrogen-bond donors (Lipinski definition) is 10. The number of aliphatic hydroxyl groups is 4. The van der Waals surface area contributed by atoms with Gasteiger partial charge in [-0.05, 0) is 282 Å². The maximum absolute atomic E-state index is 13.8. The highest BCUT2D eigenvalue weighted by atomic mass is 32.1. The normalized spacial score (nSPS) is 22.9. The molecule has 10 N–H and O–H groups in total. The Balaban J connectivity index is 0.000000152. The molecule has 8 aliphatic rings. The molecule has 0 radical (unpaired) electrons. The van der Waals surface area contributed by atoms with Gasteiger partial charge < -0.3 is 81.7 Å². The number of β-amino-alcohol motifs (C(OH)–C–C–N with tert-alkyl or cyclic N) is 2. The van der Waals surface area contributed by atoms with E-state index in [9.17, 15) is 63.2 Å². The first-order valence-corrected chi connectivity index (χ1v) is 50.5. The van der Waals surface area contributed by atoms with Crippen molar-refractivity contribution >= 4 is 116 Å². The molecule has 6 saturated heterocycles. The third-order valence-electron chi connectivity index (χ3n) is 25.3. The zero-order chi connectivity index (χ0) is 98.2. The molecule has 16 rings (SSSR count). The molecule has 37 heteroatoms. The van der Waals surface area contributed by atoms with E-state index >= 15 is 0 Å². The molecule has 0 aromatic carbocycles. The van der Waals surface area contributed by atoms with Crippen LogP contribution in [0.5, 0.6) is 0 Å². The van der Waals surface area contributed by atoms with Gasteiger partial charge in [-0.2, -0.15) is 0 Å². The number of carbonyl (C=O) groups excluding carboxylic acids is 8. The molecule has 14 heterocycles. The lowest BCUT2D eigenvalue weighted by molar-refractivity contribution is 0.0447. The maximum atomic E-state index is 13.8. The molecule has 2 aliphatic carbocycles. The van der Waals surface area contributed by atoms with Crippen molar-refractivity contribution in [2.24, 2.45) is 0 Å². The van der Waals surface area contributed by atoms with Crippen LogP contribution in [0.25, 0.3) is 41.8 Å². The fraction of sp³-hybridized carbons (Fsp3) is 0.592. The van der Waals surface area contributed by atoms with Crippen molar-refractivity contribution in [1.82, 2.24) is 79.9 Å². The van der Waals surface area contributed by atoms with Crippen molar-refractivity contribution in [3.63, 3.8) is 0 Å². The number of hydrogen-bond acceptors (Lipinski definition) is 28. The Morgan fingerprint density at radius 2 is 0.726 bits per heavy atom. The molecular formula is C98H135FN20O12S4. The highest BCUT2D eigenvalue weighted by Gasteiger charge is 2.43. The van der Waals surface area contributed by atoms with E-state index in [1.54, 1.807) is 41.5 Å². The molecule has 11 atom stereocenters. The molecule has 8 amide bonds. The summed E-state index contributed by atoms with van der Waals surface area (Å²) < 4.78 is 13.8. The highest BCUT2D eigenvalue weighted by molar-refractivity contribution is 7.18. The number of aromatic nitrogens is 8. The Kier molecular flexibility index (Phi) is 31.5. The number of aliphatic hydroxyl groups excluding tert-OH is 3. The van der Waals surface area contributed by atoms with Crippen LogP contribution < -0.4 is 31.9 Å². The zero-order valence-electron chi connectivity index (χ0n) is 81.8. The van der Waals surface area contributed by atoms with Gasteiger partial charge in [0.2, 0.25) is 0 Å². The number of carbonyl (C=O) groups is 8. The first-order valence-electron chi connectivity index (χ1n) is 47.2. The van der Waals surface area contributed by atoms with Crippen LogP contribution in [-0.2, 0) is 0 Å². The van der Waals surface area contributed by atoms with E-state index < -0.39 is 29.9 Å². The van der Waals surface area contributed by atoms with Crippen molar-refractivity contribution < 1.29 is 63.2 Å². The van der Waals surface area contributed by atoms with Crippen molar-refractivity contribution in [2.75, 3.05) is 73.6 Å². The number of amides is 8. The number of halogens is 1. The van der Waals surface area contributed by atoms with Gasteiger partial charge in [-0.1, -0.05) is 0 Å². The molecule has 2 saturated carbocycles. The van der Waals surface area contributed by atoms with Gasteiger partial charge in [0.15, 0.2) is 20.0 Å². The number of nitrogens with zero attached hydrogens (tertiary/aromatic N) is 14. The molecular weight excluding hydrogens is 1800 g/mol. The summed E-state index contributed by atoms with van der Waals surface area (Å²) in [6, 6.07) is 8.01. The van der Waals surface area contributed by atoms with Crippen molar-refractivity contribution in [3.05, 3.63) is 114 Å². The lowest BCUT2D eigenvalue weighted by atomic mass is 9.89. The molecule has 730 valence electrons. The molecule has 0 spiro atoms. The summed E-state index contributed by atoms with van der Waals surface area (Å²) in [5.41, 5.74) is 6.62. The molecule has 0 unspecified atom stereocenters. The second-order valence-electron chi connectivity index (χ2n) is 41.9. The molecule has 0 bridgehead atoms. The van der Waals surface area contributed by atoms with Crippen LogP contribution in [-0.4, -0.2) is 278 Å². The Hall–Kier alpha value is -10.2. The third kappa shape index (κ3) is 25.1. The summed E-state index contributed by atoms with van der Waals surface area (Å²) >= 11 is 4.79. The molecule has 8 fully saturated rings. The Bertz CT molecular complexity index is 5550. The van der Waals surface area contributed by atoms with E-state index in [2.05, 4.69) is 148 Å². The van der Waals surface area contributed by atoms with Crippen LogP contribution in [0.1, 0.15) is 311 Å². The van der Waals surface area contributed by atoms with Crippen LogP contribution in [0.2, 0.25) is 0 Å². The standard InChI is InChI=1S/2C25H35N5O3S.C24H32FN5O3S.C24H33N5O3S/c1-15-12-18(28-24(3,4)5)26-13-17(15)20-19(22(31)30-10-7-8-16(30)2)27-21(34-20)23(32)29-11-9-25(6,33)14-29;1-14-11-19(29-25(3,4)5)26-13-18(14)21-20(24(33)30-10-6-7-15(30)2)28-23(34-21)22(32)27-16-8-9-17(31)12-16;1-13-9-18(28-24(3,4)5)26-10-15(13)20-19(22(32)30-8-6-7-14(30)2)27-21(34-20)23(33)29-11-16(25)17(31)12-29;1-13-11-18(28-24(3,4)5)25-12-15(13)20-19(23(32)29-10-6-7-14(29)2)27-22(33-20)21(31)26-16-8-9-17(16)30/h12-13,16,33H,7-11,14H2,1-6H3,(H,26,28);11,13,15-17,31H,6-10,12H2,1-5H3,(H,26,29)(H,27,32);9-10,14,16-17,31H,6-8,11-12H2,1-5H3,(H,26,28);11-12,14,16-17,30H,6-10H2,1-5H3,(H,25,28)(H,26,31)/t16-,25+;15-,16-,17+;14-,16+,17+;14-,16-,17-/m0000/s1. The molecule has 32 nitrogen and oxygen atoms in total. The van der Waals surface area contributed by atoms with E-state index in [1.807, 2.05) is 101 Å². The number of likely N-dealkylation sites (tertiary alicyclic amines) is 6. The van der Waals surface area contributed by atoms with Gasteiger partial charge in [0, 0.05) is 139 Å². The lowest BCUT2D eigenvalue weighted by Crippen LogP contribution is -2.50. The number of nitrogens with one attached hydrogen (secondary N) is 6. The van der Waals surface area contributed by atoms with Crippen LogP contribution in [0.3, 0.4) is 0 Å². The lowest BCUT2D eigenvalue weighted by Gasteiger charge is -2.32. The number of alkyl halides is 1. The fourth-order valence-corrected chi connectivity index (χ4v) is 22.2. The van der Waals surface area contributed by atoms with Crippen LogP contribution in [0.4, 0.5) is 27.7 Å². The number of pyridine rings is 4. The number of rotatable bonds is 18. The van der Waals surface area contributed by atoms with Gasteiger partial charge in [-0.15, -0.1) is 45.3 Å². The summed E-state index contributed by atoms with van der Waals surface area (Å²) in [5, 5.41) is 59.9. The van der Waals surface area contributed by atoms with Gasteiger partial charge in [-0.3, -0.25) is 38.4 Å². The minimum atomic E-state index is -1.48. The second-order valence-corrected chi connectivity index (χ2v) is 45.9. The van der Waals surface area contributed by atoms with E-state index in [-0.39, 0.29) is 151 Å². The van der Waals surface area contributed by atoms with Gasteiger partial charge in [0.1, 0.15) is 58.3 Å². The largest absolute Gasteiger partial charge is 0.393 e. The van der Waals surface area contributed by atoms with Crippen LogP contribution in [0.15, 0.2) is 49.1 Å². The summed E-state index contributed by atoms with van der Waals surface area (Å²) in [5.74, 6) is 0.994. The summed E-state index contributed by atoms with van der Waals surface area (Å²) in [6.07, 6.45) is 15.0. The van der Waals surface area contributed by atoms with E-state index in [1.165, 1.54) is 38.9 Å². The molecule has 6 aliphatic heterocycles. The van der Waals surface area contributed by atoms with Gasteiger partial charge in [0.25, 0.3) is 47.3 Å². The first kappa shape index (κ1) is 102. The van der Waals surface area contributed by atoms with Crippen LogP contribution in [0, 0.1) is 27.7 Å². The SMILES string of the molecule is Cc1cc(NC(C)(C)C)ncc1-c1sc(C(=O)N2CC[C@@](C)(O)C2)nc1C(=O)N1CCC[C@@H]1C.Cc1cc(NC(C)(C)C)ncc1-c1sc(C(=O)N2C[C@@H](O)[C@H](F)C2)nc1C(=O)N1CCC[C@@H]1C.Cc1cc(NC(C)(C)C)ncc1-c1sc(C(=O)N[C@H]2CC[C@@H](O)C2)nc1C(=O)N1CCC[C@@H]1C.Cc1cc(NC(C)(C)C)ncc1-c1sc(C(=O)N[C@H]2CC[C@@H]2O)nc1C(=O)N1CCC[C@@H]1C. The number of aryl methyl sites for hydroxylation is 4. The van der Waals surface area contributed by atoms with Crippen molar-refractivity contribution in [2.45, 2.75) is 324 Å². The topological polar surface area (TPSA) is 412 Å². The van der Waals surface area contributed by atoms with E-state index in [4.69, 9.17) is 0 Å². The van der Waals surface area contributed by atoms with Crippen molar-refractivity contribution in [3.8, 4) is 41.8 Å². The Morgan fingerprint density at radius 1 is 0.407 bits per heavy atom. The molecule has 8 aromatic rings. The monoisotopic (exact) mass is 1930 g/mol. The predicted octanol–water partition coefficient (Wildman–Crippen LogP) is 15.0. The summed E-state index contributed by atoms with van der Waals surface area (Å²) in [4.78, 5) is 155. The zero-order valence-corrected chi connectivity index (χ0v) is 85.0. The van der Waals surface area contributed by atoms with Crippen LogP contribution >= 0.6 is 45.3 Å². The fourth-order valence-electron chi connectivity index (χ4n) is 18.0. The average molecular weight is 1930 g/mol. The predicted molar refractivity (Wildman–Crippen MR) is 528 cm³/mol. The van der Waals surface area contributed by atoms with Crippen molar-refractivity contribution in [1.29, 1.82) is 0 Å². The Labute approximate surface area is 807 Å². The minimum Gasteiger partial charge on any atom is -0.393 e. The van der Waals surface area contributed by atoms with Gasteiger partial charge >= 0.3 is 0 Å². The van der Waals surface area contributed by atoms with Gasteiger partial charge in [0.05, 0.1) is 56.4 Å². The molecule has 135 heavy (non-hydrogen) atoms. The average Bonchev–Trinajstić information content (AvgIpc) is 1.67. The highest BCUT2D eigenvalue weighted by Crippen LogP contribution is 2.43. The Morgan fingerprint density at radius 3 is 0.978 bits per heavy atom. The van der Waals surface area contributed by atoms with E-state index in [0.29, 0.717) is 95.0 Å². The first-order chi connectivity index (χ1) is 63.3. The second kappa shape index (κ2) is 41.6. The quantitative estimate of drug-likeness (QED) is 0.0381. The minimum absolute atomic E-state index is 0.0706. The number of anilines is 4. The summed E-state index contributed by atoms with van der Waals surface area (Å²) in [6.45, 7) is 45.7. The summed E-state index contributed by atoms with van der Waals surface area (Å²) in [7, 11) is 0.